The summed E-state index contributed by atoms with van der Waals surface area (Å²) in [7, 11) is 0. The Bertz CT molecular complexity index is 478. The molecule has 1 N–H and O–H groups in total. The van der Waals surface area contributed by atoms with Gasteiger partial charge in [-0.3, -0.25) is 0 Å². The highest BCUT2D eigenvalue weighted by atomic mass is 16.5. The van der Waals surface area contributed by atoms with E-state index in [-0.39, 0.29) is 17.6 Å². The number of carboxylic acid groups (broad SMARTS) is 1. The van der Waals surface area contributed by atoms with Crippen molar-refractivity contribution in [2.45, 2.75) is 31.8 Å². The molecule has 94 valence electrons. The fourth-order valence-corrected chi connectivity index (χ4v) is 2.29. The largest absolute Gasteiger partial charge is 0.488 e. The lowest BCUT2D eigenvalue weighted by Crippen LogP contribution is -2.29. The smallest absolute Gasteiger partial charge is 0.339 e. The first-order chi connectivity index (χ1) is 8.72. The Kier molecular flexibility index (Phi) is 3.83. The Morgan fingerprint density at radius 2 is 2.06 bits per heavy atom. The Morgan fingerprint density at radius 1 is 1.33 bits per heavy atom. The number of carboxylic acids is 1. The minimum atomic E-state index is -1.00. The summed E-state index contributed by atoms with van der Waals surface area (Å²) >= 11 is 0. The monoisotopic (exact) mass is 245 g/mol. The maximum Gasteiger partial charge on any atom is 0.339 e. The average molecular weight is 245 g/mol. The number of carbonyl (C=O) groups is 1. The first-order valence-electron chi connectivity index (χ1n) is 6.11. The van der Waals surface area contributed by atoms with Gasteiger partial charge < -0.3 is 9.84 Å². The summed E-state index contributed by atoms with van der Waals surface area (Å²) in [6.07, 6.45) is 3.52. The number of rotatable bonds is 3. The highest BCUT2D eigenvalue weighted by Crippen LogP contribution is 2.29. The highest BCUT2D eigenvalue weighted by Gasteiger charge is 2.27. The van der Waals surface area contributed by atoms with Gasteiger partial charge in [0, 0.05) is 0 Å². The Labute approximate surface area is 106 Å². The van der Waals surface area contributed by atoms with E-state index in [2.05, 4.69) is 6.07 Å². The van der Waals surface area contributed by atoms with Crippen LogP contribution in [0.3, 0.4) is 0 Å². The van der Waals surface area contributed by atoms with Crippen LogP contribution in [0.4, 0.5) is 0 Å². The van der Waals surface area contributed by atoms with Crippen molar-refractivity contribution in [3.05, 3.63) is 29.8 Å². The summed E-state index contributed by atoms with van der Waals surface area (Å²) in [6.45, 7) is 0. The fraction of sp³-hybridized carbons (Fsp3) is 0.429. The molecule has 0 amide bonds. The van der Waals surface area contributed by atoms with E-state index in [0.29, 0.717) is 5.75 Å². The molecule has 4 heteroatoms. The van der Waals surface area contributed by atoms with Crippen LogP contribution in [-0.4, -0.2) is 17.2 Å². The first kappa shape index (κ1) is 12.4. The number of nitrogens with zero attached hydrogens (tertiary/aromatic N) is 1. The Hall–Kier alpha value is -2.02. The number of aromatic carboxylic acids is 1. The van der Waals surface area contributed by atoms with Crippen LogP contribution in [0.1, 0.15) is 36.0 Å². The normalized spacial score (nSPS) is 23.1. The van der Waals surface area contributed by atoms with Crippen molar-refractivity contribution < 1.29 is 14.6 Å². The SMILES string of the molecule is N#CC1CCCCC1Oc1ccccc1C(=O)O. The molecule has 0 saturated heterocycles. The van der Waals surface area contributed by atoms with E-state index in [1.807, 2.05) is 0 Å². The minimum Gasteiger partial charge on any atom is -0.488 e. The molecule has 0 aliphatic heterocycles. The van der Waals surface area contributed by atoms with Gasteiger partial charge in [-0.05, 0) is 31.4 Å². The van der Waals surface area contributed by atoms with E-state index in [4.69, 9.17) is 15.1 Å². The Morgan fingerprint density at radius 3 is 2.78 bits per heavy atom. The maximum atomic E-state index is 11.1. The molecule has 0 spiro atoms. The van der Waals surface area contributed by atoms with Gasteiger partial charge in [0.1, 0.15) is 17.4 Å². The molecule has 0 bridgehead atoms. The molecule has 1 aliphatic rings. The molecule has 1 fully saturated rings. The minimum absolute atomic E-state index is 0.138. The lowest BCUT2D eigenvalue weighted by atomic mass is 9.87. The molecule has 2 unspecified atom stereocenters. The van der Waals surface area contributed by atoms with Gasteiger partial charge in [-0.2, -0.15) is 5.26 Å². The van der Waals surface area contributed by atoms with Crippen LogP contribution < -0.4 is 4.74 Å². The highest BCUT2D eigenvalue weighted by molar-refractivity contribution is 5.90. The van der Waals surface area contributed by atoms with Crippen LogP contribution in [0.2, 0.25) is 0 Å². The van der Waals surface area contributed by atoms with E-state index >= 15 is 0 Å². The second kappa shape index (κ2) is 5.54. The molecule has 2 rings (SSSR count). The van der Waals surface area contributed by atoms with Gasteiger partial charge in [0.2, 0.25) is 0 Å². The first-order valence-corrected chi connectivity index (χ1v) is 6.11. The van der Waals surface area contributed by atoms with Gasteiger partial charge in [0.05, 0.1) is 12.0 Å². The molecular formula is C14H15NO3. The number of hydrogen-bond donors (Lipinski definition) is 1. The fourth-order valence-electron chi connectivity index (χ4n) is 2.29. The van der Waals surface area contributed by atoms with E-state index < -0.39 is 5.97 Å². The summed E-state index contributed by atoms with van der Waals surface area (Å²) in [5, 5.41) is 18.1. The molecule has 2 atom stereocenters. The predicted molar refractivity (Wildman–Crippen MR) is 65.4 cm³/mol. The van der Waals surface area contributed by atoms with Gasteiger partial charge in [0.25, 0.3) is 0 Å². The van der Waals surface area contributed by atoms with Gasteiger partial charge in [0.15, 0.2) is 0 Å². The molecule has 4 nitrogen and oxygen atoms in total. The van der Waals surface area contributed by atoms with E-state index in [1.165, 1.54) is 6.07 Å². The maximum absolute atomic E-state index is 11.1. The average Bonchev–Trinajstić information content (AvgIpc) is 2.40. The quantitative estimate of drug-likeness (QED) is 0.888. The summed E-state index contributed by atoms with van der Waals surface area (Å²) in [5.74, 6) is -0.785. The molecule has 0 aromatic heterocycles. The number of hydrogen-bond acceptors (Lipinski definition) is 3. The molecule has 0 heterocycles. The lowest BCUT2D eigenvalue weighted by Gasteiger charge is -2.27. The van der Waals surface area contributed by atoms with Crippen LogP contribution in [0.5, 0.6) is 5.75 Å². The van der Waals surface area contributed by atoms with Gasteiger partial charge >= 0.3 is 5.97 Å². The van der Waals surface area contributed by atoms with Crippen LogP contribution >= 0.6 is 0 Å². The van der Waals surface area contributed by atoms with Crippen molar-refractivity contribution in [2.24, 2.45) is 5.92 Å². The van der Waals surface area contributed by atoms with Crippen molar-refractivity contribution in [2.75, 3.05) is 0 Å². The second-order valence-corrected chi connectivity index (χ2v) is 4.48. The van der Waals surface area contributed by atoms with Crippen LogP contribution in [0.25, 0.3) is 0 Å². The number of ether oxygens (including phenoxy) is 1. The summed E-state index contributed by atoms with van der Waals surface area (Å²) < 4.78 is 5.75. The molecule has 1 aliphatic carbocycles. The molecule has 1 aromatic rings. The van der Waals surface area contributed by atoms with Crippen LogP contribution in [0, 0.1) is 17.2 Å². The van der Waals surface area contributed by atoms with E-state index in [9.17, 15) is 4.79 Å². The zero-order chi connectivity index (χ0) is 13.0. The van der Waals surface area contributed by atoms with Crippen molar-refractivity contribution in [3.63, 3.8) is 0 Å². The third-order valence-corrected chi connectivity index (χ3v) is 3.26. The number of nitriles is 1. The van der Waals surface area contributed by atoms with E-state index in [0.717, 1.165) is 25.7 Å². The molecule has 1 aromatic carbocycles. The molecular weight excluding hydrogens is 230 g/mol. The standard InChI is InChI=1S/C14H15NO3/c15-9-10-5-1-3-7-12(10)18-13-8-4-2-6-11(13)14(16)17/h2,4,6,8,10,12H,1,3,5,7H2,(H,16,17). The van der Waals surface area contributed by atoms with Gasteiger partial charge in [-0.25, -0.2) is 4.79 Å². The molecule has 1 saturated carbocycles. The topological polar surface area (TPSA) is 70.3 Å². The zero-order valence-corrected chi connectivity index (χ0v) is 10.0. The van der Waals surface area contributed by atoms with Crippen molar-refractivity contribution in [3.8, 4) is 11.8 Å². The Balaban J connectivity index is 2.18. The number of benzene rings is 1. The summed E-state index contributed by atoms with van der Waals surface area (Å²) in [5.41, 5.74) is 0.153. The lowest BCUT2D eigenvalue weighted by molar-refractivity contribution is 0.0680. The molecule has 18 heavy (non-hydrogen) atoms. The van der Waals surface area contributed by atoms with Gasteiger partial charge in [-0.15, -0.1) is 0 Å². The van der Waals surface area contributed by atoms with Crippen LogP contribution in [0.15, 0.2) is 24.3 Å². The zero-order valence-electron chi connectivity index (χ0n) is 10.0. The van der Waals surface area contributed by atoms with Gasteiger partial charge in [-0.1, -0.05) is 18.6 Å². The predicted octanol–water partition coefficient (Wildman–Crippen LogP) is 2.85. The third-order valence-electron chi connectivity index (χ3n) is 3.26. The van der Waals surface area contributed by atoms with E-state index in [1.54, 1.807) is 18.2 Å². The van der Waals surface area contributed by atoms with Crippen LogP contribution in [-0.2, 0) is 0 Å². The summed E-state index contributed by atoms with van der Waals surface area (Å²) in [6, 6.07) is 8.82. The van der Waals surface area contributed by atoms with Crippen molar-refractivity contribution in [1.82, 2.24) is 0 Å². The number of para-hydroxylation sites is 1. The third kappa shape index (κ3) is 2.62. The summed E-state index contributed by atoms with van der Waals surface area (Å²) in [4.78, 5) is 11.1. The second-order valence-electron chi connectivity index (χ2n) is 4.48. The molecule has 0 radical (unpaired) electrons. The van der Waals surface area contributed by atoms with Crippen molar-refractivity contribution in [1.29, 1.82) is 5.26 Å². The van der Waals surface area contributed by atoms with Crippen molar-refractivity contribution >= 4 is 5.97 Å².